The number of carbonyl (C=O) groups excluding carboxylic acids is 1. The molecule has 1 atom stereocenters. The summed E-state index contributed by atoms with van der Waals surface area (Å²) < 4.78 is 16.4. The predicted octanol–water partition coefficient (Wildman–Crippen LogP) is 3.72. The first-order chi connectivity index (χ1) is 16.7. The fourth-order valence-electron chi connectivity index (χ4n) is 4.54. The maximum atomic E-state index is 12.7. The van der Waals surface area contributed by atoms with Gasteiger partial charge >= 0.3 is 0 Å². The van der Waals surface area contributed by atoms with Gasteiger partial charge in [-0.25, -0.2) is 0 Å². The Morgan fingerprint density at radius 3 is 2.41 bits per heavy atom. The maximum Gasteiger partial charge on any atom is 0.251 e. The third kappa shape index (κ3) is 4.79. The first-order valence-corrected chi connectivity index (χ1v) is 11.6. The van der Waals surface area contributed by atoms with Gasteiger partial charge in [-0.3, -0.25) is 9.69 Å². The van der Waals surface area contributed by atoms with Gasteiger partial charge in [0.15, 0.2) is 11.5 Å². The largest absolute Gasteiger partial charge is 0.497 e. The molecule has 2 heterocycles. The summed E-state index contributed by atoms with van der Waals surface area (Å²) >= 11 is 0. The molecule has 0 bridgehead atoms. The number of benzene rings is 3. The third-order valence-corrected chi connectivity index (χ3v) is 6.47. The van der Waals surface area contributed by atoms with Gasteiger partial charge in [-0.05, 0) is 54.1 Å². The Morgan fingerprint density at radius 1 is 0.941 bits per heavy atom. The molecule has 1 saturated heterocycles. The van der Waals surface area contributed by atoms with Crippen LogP contribution in [0.15, 0.2) is 72.8 Å². The third-order valence-electron chi connectivity index (χ3n) is 6.47. The van der Waals surface area contributed by atoms with Crippen molar-refractivity contribution in [2.24, 2.45) is 0 Å². The van der Waals surface area contributed by atoms with Crippen LogP contribution in [-0.2, 0) is 0 Å². The Labute approximate surface area is 199 Å². The Morgan fingerprint density at radius 2 is 1.68 bits per heavy atom. The normalized spacial score (nSPS) is 16.2. The molecule has 34 heavy (non-hydrogen) atoms. The summed E-state index contributed by atoms with van der Waals surface area (Å²) in [4.78, 5) is 17.6. The smallest absolute Gasteiger partial charge is 0.251 e. The number of fused-ring (bicyclic) bond motifs is 1. The molecular formula is C27H29N3O4. The first kappa shape index (κ1) is 22.1. The average molecular weight is 460 g/mol. The topological polar surface area (TPSA) is 63.3 Å². The lowest BCUT2D eigenvalue weighted by Crippen LogP contribution is -2.50. The second-order valence-electron chi connectivity index (χ2n) is 8.43. The molecule has 1 amide bonds. The molecule has 1 fully saturated rings. The molecule has 7 nitrogen and oxygen atoms in total. The molecule has 3 aromatic rings. The molecule has 0 aliphatic carbocycles. The highest BCUT2D eigenvalue weighted by Gasteiger charge is 2.27. The van der Waals surface area contributed by atoms with Crippen molar-refractivity contribution < 1.29 is 19.0 Å². The fourth-order valence-corrected chi connectivity index (χ4v) is 4.54. The molecule has 1 N–H and O–H groups in total. The van der Waals surface area contributed by atoms with E-state index in [-0.39, 0.29) is 18.7 Å². The minimum absolute atomic E-state index is 0.0279. The number of hydrogen-bond acceptors (Lipinski definition) is 6. The van der Waals surface area contributed by atoms with Gasteiger partial charge in [0.25, 0.3) is 5.91 Å². The quantitative estimate of drug-likeness (QED) is 0.581. The van der Waals surface area contributed by atoms with E-state index in [1.807, 2.05) is 54.6 Å². The molecule has 2 aliphatic heterocycles. The van der Waals surface area contributed by atoms with Gasteiger partial charge in [-0.1, -0.05) is 24.3 Å². The summed E-state index contributed by atoms with van der Waals surface area (Å²) in [5.41, 5.74) is 2.96. The zero-order valence-electron chi connectivity index (χ0n) is 19.3. The van der Waals surface area contributed by atoms with Gasteiger partial charge in [0.1, 0.15) is 5.75 Å². The molecule has 1 unspecified atom stereocenters. The van der Waals surface area contributed by atoms with Crippen LogP contribution in [0.4, 0.5) is 5.69 Å². The number of nitrogens with one attached hydrogen (secondary N) is 1. The Bertz CT molecular complexity index is 1110. The zero-order valence-corrected chi connectivity index (χ0v) is 19.3. The van der Waals surface area contributed by atoms with Crippen molar-refractivity contribution in [2.75, 3.05) is 51.5 Å². The van der Waals surface area contributed by atoms with E-state index in [9.17, 15) is 4.79 Å². The van der Waals surface area contributed by atoms with E-state index < -0.39 is 0 Å². The second-order valence-corrected chi connectivity index (χ2v) is 8.43. The lowest BCUT2D eigenvalue weighted by molar-refractivity contribution is 0.0930. The molecule has 2 aliphatic rings. The maximum absolute atomic E-state index is 12.7. The van der Waals surface area contributed by atoms with Crippen LogP contribution < -0.4 is 24.4 Å². The summed E-state index contributed by atoms with van der Waals surface area (Å²) in [5.74, 6) is 2.32. The predicted molar refractivity (Wildman–Crippen MR) is 131 cm³/mol. The molecule has 0 radical (unpaired) electrons. The molecule has 0 saturated carbocycles. The lowest BCUT2D eigenvalue weighted by atomic mass is 10.0. The summed E-state index contributed by atoms with van der Waals surface area (Å²) in [7, 11) is 1.68. The van der Waals surface area contributed by atoms with Crippen molar-refractivity contribution in [3.05, 3.63) is 83.9 Å². The van der Waals surface area contributed by atoms with E-state index in [4.69, 9.17) is 14.2 Å². The van der Waals surface area contributed by atoms with Gasteiger partial charge in [0, 0.05) is 44.0 Å². The van der Waals surface area contributed by atoms with Crippen LogP contribution in [0.3, 0.4) is 0 Å². The summed E-state index contributed by atoms with van der Waals surface area (Å²) in [6, 6.07) is 23.6. The standard InChI is InChI=1S/C27H29N3O4/c1-32-23-10-8-22(9-11-23)29-13-15-30(16-14-29)24(18-28-27(31)20-5-3-2-4-6-20)21-7-12-25-26(17-21)34-19-33-25/h2-12,17,24H,13-16,18-19H2,1H3,(H,28,31). The van der Waals surface area contributed by atoms with Crippen LogP contribution in [0.25, 0.3) is 0 Å². The summed E-state index contributed by atoms with van der Waals surface area (Å²) in [6.07, 6.45) is 0. The number of anilines is 1. The number of nitrogens with zero attached hydrogens (tertiary/aromatic N) is 2. The van der Waals surface area contributed by atoms with Gasteiger partial charge in [-0.15, -0.1) is 0 Å². The van der Waals surface area contributed by atoms with Crippen LogP contribution in [0.5, 0.6) is 17.2 Å². The molecule has 0 aromatic heterocycles. The molecule has 5 rings (SSSR count). The van der Waals surface area contributed by atoms with Crippen LogP contribution in [-0.4, -0.2) is 57.4 Å². The minimum Gasteiger partial charge on any atom is -0.497 e. The SMILES string of the molecule is COc1ccc(N2CCN(C(CNC(=O)c3ccccc3)c3ccc4c(c3)OCO4)CC2)cc1. The average Bonchev–Trinajstić information content (AvgIpc) is 3.38. The minimum atomic E-state index is -0.0665. The summed E-state index contributed by atoms with van der Waals surface area (Å²) in [6.45, 7) is 4.32. The lowest BCUT2D eigenvalue weighted by Gasteiger charge is -2.40. The van der Waals surface area contributed by atoms with Gasteiger partial charge in [0.2, 0.25) is 6.79 Å². The number of hydrogen-bond donors (Lipinski definition) is 1. The highest BCUT2D eigenvalue weighted by atomic mass is 16.7. The van der Waals surface area contributed by atoms with E-state index in [1.54, 1.807) is 7.11 Å². The molecule has 3 aromatic carbocycles. The molecule has 0 spiro atoms. The van der Waals surface area contributed by atoms with Gasteiger partial charge in [-0.2, -0.15) is 0 Å². The Balaban J connectivity index is 1.30. The summed E-state index contributed by atoms with van der Waals surface area (Å²) in [5, 5.41) is 3.14. The second kappa shape index (κ2) is 10.1. The highest BCUT2D eigenvalue weighted by molar-refractivity contribution is 5.94. The van der Waals surface area contributed by atoms with Crippen LogP contribution in [0, 0.1) is 0 Å². The van der Waals surface area contributed by atoms with Crippen molar-refractivity contribution >= 4 is 11.6 Å². The van der Waals surface area contributed by atoms with E-state index in [2.05, 4.69) is 33.3 Å². The van der Waals surface area contributed by atoms with E-state index >= 15 is 0 Å². The van der Waals surface area contributed by atoms with E-state index in [0.29, 0.717) is 12.1 Å². The van der Waals surface area contributed by atoms with Gasteiger partial charge in [0.05, 0.1) is 13.2 Å². The van der Waals surface area contributed by atoms with Crippen molar-refractivity contribution in [1.29, 1.82) is 0 Å². The molecule has 176 valence electrons. The Hall–Kier alpha value is -3.71. The molecule has 7 heteroatoms. The monoisotopic (exact) mass is 459 g/mol. The van der Waals surface area contributed by atoms with Crippen molar-refractivity contribution in [2.45, 2.75) is 6.04 Å². The van der Waals surface area contributed by atoms with Crippen molar-refractivity contribution in [1.82, 2.24) is 10.2 Å². The number of ether oxygens (including phenoxy) is 3. The number of amides is 1. The number of rotatable bonds is 7. The van der Waals surface area contributed by atoms with E-state index in [1.165, 1.54) is 5.69 Å². The first-order valence-electron chi connectivity index (χ1n) is 11.6. The highest BCUT2D eigenvalue weighted by Crippen LogP contribution is 2.36. The van der Waals surface area contributed by atoms with Crippen molar-refractivity contribution in [3.63, 3.8) is 0 Å². The zero-order chi connectivity index (χ0) is 23.3. The fraction of sp³-hybridized carbons (Fsp3) is 0.296. The van der Waals surface area contributed by atoms with Gasteiger partial charge < -0.3 is 24.4 Å². The molecular weight excluding hydrogens is 430 g/mol. The van der Waals surface area contributed by atoms with E-state index in [0.717, 1.165) is 49.0 Å². The van der Waals surface area contributed by atoms with Crippen LogP contribution >= 0.6 is 0 Å². The van der Waals surface area contributed by atoms with Crippen LogP contribution in [0.1, 0.15) is 22.0 Å². The Kier molecular flexibility index (Phi) is 6.53. The number of piperazine rings is 1. The van der Waals surface area contributed by atoms with Crippen molar-refractivity contribution in [3.8, 4) is 17.2 Å². The van der Waals surface area contributed by atoms with Crippen LogP contribution in [0.2, 0.25) is 0 Å². The number of carbonyl (C=O) groups is 1. The number of methoxy groups -OCH3 is 1.